The molecular formula is C66H100N16O12. The number of aliphatic carboxylic acids is 1. The number of unbranched alkanes of at least 4 members (excludes halogenated alkanes) is 2. The molecule has 1 aliphatic heterocycles. The number of carboxylic acids is 1. The highest BCUT2D eigenvalue weighted by Crippen LogP contribution is 2.21. The molecule has 5 rings (SSSR count). The molecule has 28 heteroatoms. The number of H-pyrrole nitrogens is 2. The molecule has 0 aliphatic carbocycles. The highest BCUT2D eigenvalue weighted by Gasteiger charge is 2.38. The second kappa shape index (κ2) is 39.1. The third kappa shape index (κ3) is 24.9. The summed E-state index contributed by atoms with van der Waals surface area (Å²) in [6.45, 7) is 12.1. The van der Waals surface area contributed by atoms with Crippen molar-refractivity contribution < 1.29 is 57.8 Å². The molecule has 4 aromatic rings. The molecule has 94 heavy (non-hydrogen) atoms. The van der Waals surface area contributed by atoms with Crippen LogP contribution in [0.5, 0.6) is 0 Å². The van der Waals surface area contributed by atoms with Crippen LogP contribution in [-0.2, 0) is 72.0 Å². The molecule has 0 radical (unpaired) electrons. The summed E-state index contributed by atoms with van der Waals surface area (Å²) in [6.07, 6.45) is 7.48. The Morgan fingerprint density at radius 1 is 0.564 bits per heavy atom. The van der Waals surface area contributed by atoms with E-state index in [4.69, 9.17) is 17.2 Å². The maximum absolute atomic E-state index is 14.8. The van der Waals surface area contributed by atoms with E-state index in [1.807, 2.05) is 38.1 Å². The molecule has 3 heterocycles. The number of carbonyl (C=O) groups excluding carboxylic acids is 10. The number of aromatic nitrogens is 3. The van der Waals surface area contributed by atoms with Gasteiger partial charge in [-0.15, -0.1) is 0 Å². The number of carbonyl (C=O) groups is 11. The second-order valence-corrected chi connectivity index (χ2v) is 25.2. The minimum atomic E-state index is -1.52. The van der Waals surface area contributed by atoms with E-state index in [-0.39, 0.29) is 82.1 Å². The van der Waals surface area contributed by atoms with E-state index in [1.165, 1.54) is 12.5 Å². The lowest BCUT2D eigenvalue weighted by atomic mass is 9.95. The molecule has 1 aliphatic rings. The molecule has 0 saturated carbocycles. The predicted molar refractivity (Wildman–Crippen MR) is 353 cm³/mol. The molecule has 0 unspecified atom stereocenters. The number of fused-ring (bicyclic) bond motifs is 1. The summed E-state index contributed by atoms with van der Waals surface area (Å²) < 4.78 is 0. The second-order valence-electron chi connectivity index (χ2n) is 25.2. The topological polar surface area (TPSA) is 451 Å². The minimum Gasteiger partial charge on any atom is -0.480 e. The van der Waals surface area contributed by atoms with Crippen LogP contribution >= 0.6 is 0 Å². The molecule has 28 nitrogen and oxygen atoms in total. The van der Waals surface area contributed by atoms with E-state index >= 15 is 0 Å². The Labute approximate surface area is 549 Å². The minimum absolute atomic E-state index is 0.000252. The van der Waals surface area contributed by atoms with E-state index < -0.39 is 125 Å². The highest BCUT2D eigenvalue weighted by molar-refractivity contribution is 5.99. The van der Waals surface area contributed by atoms with Gasteiger partial charge in [-0.1, -0.05) is 96.5 Å². The van der Waals surface area contributed by atoms with Gasteiger partial charge in [0.1, 0.15) is 54.4 Å². The molecule has 0 bridgehead atoms. The zero-order chi connectivity index (χ0) is 68.9. The van der Waals surface area contributed by atoms with Crippen LogP contribution in [0, 0.1) is 17.8 Å². The van der Waals surface area contributed by atoms with Crippen LogP contribution < -0.4 is 70.4 Å². The van der Waals surface area contributed by atoms with Gasteiger partial charge < -0.3 is 85.4 Å². The molecule has 1 fully saturated rings. The number of imidazole rings is 1. The molecule has 2 aromatic heterocycles. The van der Waals surface area contributed by atoms with Gasteiger partial charge in [0, 0.05) is 54.7 Å². The van der Waals surface area contributed by atoms with Gasteiger partial charge in [0.2, 0.25) is 59.1 Å². The number of hydrogen-bond acceptors (Lipinski definition) is 15. The quantitative estimate of drug-likeness (QED) is 0.0273. The number of rotatable bonds is 42. The van der Waals surface area contributed by atoms with Crippen molar-refractivity contribution in [2.45, 2.75) is 205 Å². The van der Waals surface area contributed by atoms with Crippen molar-refractivity contribution >= 4 is 75.9 Å². The lowest BCUT2D eigenvalue weighted by molar-refractivity contribution is -0.142. The average Bonchev–Trinajstić information content (AvgIpc) is 1.65. The maximum atomic E-state index is 14.8. The Balaban J connectivity index is 1.38. The molecular weight excluding hydrogens is 1210 g/mol. The van der Waals surface area contributed by atoms with Crippen molar-refractivity contribution in [3.05, 3.63) is 90.1 Å². The first-order valence-corrected chi connectivity index (χ1v) is 32.9. The fourth-order valence-corrected chi connectivity index (χ4v) is 11.1. The van der Waals surface area contributed by atoms with Crippen molar-refractivity contribution in [3.63, 3.8) is 0 Å². The van der Waals surface area contributed by atoms with E-state index in [0.29, 0.717) is 62.9 Å². The summed E-state index contributed by atoms with van der Waals surface area (Å²) in [6, 6.07) is 3.83. The number of primary amides is 1. The Morgan fingerprint density at radius 3 is 1.61 bits per heavy atom. The Bertz CT molecular complexity index is 3120. The van der Waals surface area contributed by atoms with Gasteiger partial charge in [-0.05, 0) is 125 Å². The van der Waals surface area contributed by atoms with E-state index in [0.717, 1.165) is 22.9 Å². The number of hydrogen-bond donors (Lipinski definition) is 16. The van der Waals surface area contributed by atoms with Gasteiger partial charge in [-0.25, -0.2) is 9.78 Å². The first kappa shape index (κ1) is 76.0. The summed E-state index contributed by atoms with van der Waals surface area (Å²) in [5, 5.41) is 38.8. The van der Waals surface area contributed by atoms with Crippen molar-refractivity contribution in [1.29, 1.82) is 0 Å². The number of nitrogens with two attached hydrogens (primary N) is 3. The number of nitrogens with zero attached hydrogens (tertiary/aromatic N) is 1. The smallest absolute Gasteiger partial charge is 0.326 e. The molecule has 11 atom stereocenters. The summed E-state index contributed by atoms with van der Waals surface area (Å²) >= 11 is 0. The van der Waals surface area contributed by atoms with Gasteiger partial charge in [-0.2, -0.15) is 0 Å². The number of aromatic amines is 2. The van der Waals surface area contributed by atoms with Crippen LogP contribution in [0.1, 0.15) is 142 Å². The van der Waals surface area contributed by atoms with Crippen molar-refractivity contribution in [2.75, 3.05) is 19.6 Å². The maximum Gasteiger partial charge on any atom is 0.326 e. The van der Waals surface area contributed by atoms with Crippen LogP contribution in [0.3, 0.4) is 0 Å². The first-order chi connectivity index (χ1) is 44.9. The fraction of sp³-hybridized carbons (Fsp3) is 0.576. The third-order valence-electron chi connectivity index (χ3n) is 16.6. The third-order valence-corrected chi connectivity index (χ3v) is 16.6. The van der Waals surface area contributed by atoms with Gasteiger partial charge in [0.05, 0.1) is 12.4 Å². The molecule has 0 spiro atoms. The SMILES string of the molecule is CC[C@H](C)[C@H](NC(=O)[C@H](CC(C)C)NC(=O)[C@H](Cc1c[nH]c2ccccc12)NC(=O)[C@@H]1CCCN1)C(=O)N[C@@H](CCC(N)=O)C(=O)N[C@@H](CC(C)C)C(=O)N[C@@H](Cc1ccccc1)C(=O)N[C@@H](Cc1cnc[nH]1)C(=O)N[C@@H](CCCCN)C(=O)N[C@@H](CCCCN)C(=O)O. The molecule has 19 N–H and O–H groups in total. The number of para-hydroxylation sites is 1. The van der Waals surface area contributed by atoms with Crippen molar-refractivity contribution in [3.8, 4) is 0 Å². The number of benzene rings is 2. The average molecular weight is 1310 g/mol. The molecule has 1 saturated heterocycles. The van der Waals surface area contributed by atoms with E-state index in [9.17, 15) is 57.8 Å². The summed E-state index contributed by atoms with van der Waals surface area (Å²) in [7, 11) is 0. The lowest BCUT2D eigenvalue weighted by Gasteiger charge is -2.30. The van der Waals surface area contributed by atoms with Gasteiger partial charge in [0.15, 0.2) is 0 Å². The van der Waals surface area contributed by atoms with E-state index in [1.54, 1.807) is 64.2 Å². The first-order valence-electron chi connectivity index (χ1n) is 32.9. The standard InChI is InChI=1S/C66H100N16O12/c1-7-40(6)56(82-64(91)51(31-39(4)5)78-62(89)53(80-57(84)46-24-17-29-71-46)33-42-35-72-45-21-12-11-20-44(42)45)65(92)75-48(25-26-55(69)83)59(86)77-50(30-38(2)3)60(87)79-52(32-41-18-9-8-10-19-41)61(88)81-54(34-43-36-70-37-73-43)63(90)74-47(22-13-15-27-67)58(85)76-49(66(93)94)23-14-16-28-68/h8-12,18-21,35-40,46-54,56,71-72H,7,13-17,22-34,67-68H2,1-6H3,(H2,69,83)(H,70,73)(H,74,90)(H,75,92)(H,76,85)(H,77,86)(H,78,89)(H,79,87)(H,80,84)(H,81,88)(H,82,91)(H,93,94)/t40-,46-,47-,48-,49-,50-,51-,52-,53-,54-,56-/m0/s1. The molecule has 516 valence electrons. The number of amides is 10. The lowest BCUT2D eigenvalue weighted by Crippen LogP contribution is -2.61. The van der Waals surface area contributed by atoms with Crippen LogP contribution in [0.2, 0.25) is 0 Å². The summed E-state index contributed by atoms with van der Waals surface area (Å²) in [5.74, 6) is -9.72. The van der Waals surface area contributed by atoms with Crippen LogP contribution in [0.15, 0.2) is 73.3 Å². The van der Waals surface area contributed by atoms with Crippen molar-refractivity contribution in [1.82, 2.24) is 68.1 Å². The van der Waals surface area contributed by atoms with Gasteiger partial charge in [0.25, 0.3) is 0 Å². The molecule has 2 aromatic carbocycles. The fourth-order valence-electron chi connectivity index (χ4n) is 11.1. The Kier molecular flexibility index (Phi) is 31.6. The zero-order valence-electron chi connectivity index (χ0n) is 55.0. The zero-order valence-corrected chi connectivity index (χ0v) is 55.0. The predicted octanol–water partition coefficient (Wildman–Crippen LogP) is 0.780. The summed E-state index contributed by atoms with van der Waals surface area (Å²) in [4.78, 5) is 164. The largest absolute Gasteiger partial charge is 0.480 e. The number of carboxylic acid groups (broad SMARTS) is 1. The highest BCUT2D eigenvalue weighted by atomic mass is 16.4. The normalized spacial score (nSPS) is 16.2. The van der Waals surface area contributed by atoms with Crippen LogP contribution in [0.25, 0.3) is 10.9 Å². The van der Waals surface area contributed by atoms with Crippen LogP contribution in [-0.4, -0.2) is 165 Å². The Morgan fingerprint density at radius 2 is 1.06 bits per heavy atom. The summed E-state index contributed by atoms with van der Waals surface area (Å²) in [5.41, 5.74) is 19.6. The number of nitrogens with one attached hydrogen (secondary N) is 12. The Hall–Kier alpha value is -8.76. The molecule has 10 amide bonds. The van der Waals surface area contributed by atoms with Gasteiger partial charge in [-0.3, -0.25) is 47.9 Å². The van der Waals surface area contributed by atoms with Crippen molar-refractivity contribution in [2.24, 2.45) is 35.0 Å². The monoisotopic (exact) mass is 1310 g/mol. The van der Waals surface area contributed by atoms with Crippen LogP contribution in [0.4, 0.5) is 0 Å². The van der Waals surface area contributed by atoms with Gasteiger partial charge >= 0.3 is 5.97 Å². The van der Waals surface area contributed by atoms with E-state index in [2.05, 4.69) is 68.1 Å².